The number of ether oxygens (including phenoxy) is 2. The molecule has 0 bridgehead atoms. The van der Waals surface area contributed by atoms with Gasteiger partial charge in [-0.05, 0) is 55.3 Å². The van der Waals surface area contributed by atoms with Crippen LogP contribution >= 0.6 is 11.6 Å². The Morgan fingerprint density at radius 3 is 2.48 bits per heavy atom. The first-order valence-corrected chi connectivity index (χ1v) is 11.4. The third-order valence-corrected chi connectivity index (χ3v) is 7.22. The van der Waals surface area contributed by atoms with E-state index in [1.54, 1.807) is 6.07 Å². The molecule has 1 unspecified atom stereocenters. The minimum Gasteiger partial charge on any atom is -0.495 e. The van der Waals surface area contributed by atoms with Gasteiger partial charge in [0.1, 0.15) is 5.75 Å². The molecule has 1 fully saturated rings. The fraction of sp³-hybridized carbons (Fsp3) is 0.333. The van der Waals surface area contributed by atoms with E-state index in [2.05, 4.69) is 5.32 Å². The first-order valence-electron chi connectivity index (χ1n) is 9.59. The van der Waals surface area contributed by atoms with Crippen LogP contribution in [0.4, 0.5) is 5.69 Å². The highest BCUT2D eigenvalue weighted by atomic mass is 35.5. The summed E-state index contributed by atoms with van der Waals surface area (Å²) in [5.74, 6) is -1.07. The molecule has 0 spiro atoms. The number of carbonyl (C=O) groups is 2. The number of piperidine rings is 1. The molecule has 2 aromatic carbocycles. The molecule has 8 nitrogen and oxygen atoms in total. The van der Waals surface area contributed by atoms with E-state index in [0.29, 0.717) is 35.8 Å². The van der Waals surface area contributed by atoms with E-state index in [4.69, 9.17) is 21.1 Å². The number of nitrogens with zero attached hydrogens (tertiary/aromatic N) is 1. The van der Waals surface area contributed by atoms with E-state index in [9.17, 15) is 18.0 Å². The lowest BCUT2D eigenvalue weighted by molar-refractivity contribution is -0.120. The molecule has 0 radical (unpaired) electrons. The van der Waals surface area contributed by atoms with E-state index in [1.165, 1.54) is 54.9 Å². The van der Waals surface area contributed by atoms with Crippen LogP contribution in [0.1, 0.15) is 23.2 Å². The Bertz CT molecular complexity index is 1070. The molecular weight excluding hydrogens is 444 g/mol. The summed E-state index contributed by atoms with van der Waals surface area (Å²) in [5, 5.41) is 3.20. The van der Waals surface area contributed by atoms with Crippen LogP contribution in [0.5, 0.6) is 5.75 Å². The first kappa shape index (κ1) is 23.1. The predicted octanol–water partition coefficient (Wildman–Crippen LogP) is 3.17. The zero-order valence-electron chi connectivity index (χ0n) is 17.1. The van der Waals surface area contributed by atoms with Crippen molar-refractivity contribution in [1.82, 2.24) is 4.31 Å². The van der Waals surface area contributed by atoms with Crippen molar-refractivity contribution in [2.75, 3.05) is 32.6 Å². The monoisotopic (exact) mass is 466 g/mol. The van der Waals surface area contributed by atoms with Crippen LogP contribution in [0, 0.1) is 5.92 Å². The highest BCUT2D eigenvalue weighted by Crippen LogP contribution is 2.29. The lowest BCUT2D eigenvalue weighted by atomic mass is 9.98. The van der Waals surface area contributed by atoms with E-state index in [1.807, 2.05) is 0 Å². The maximum absolute atomic E-state index is 13.0. The number of benzene rings is 2. The lowest BCUT2D eigenvalue weighted by Gasteiger charge is -2.31. The van der Waals surface area contributed by atoms with Crippen LogP contribution < -0.4 is 10.1 Å². The van der Waals surface area contributed by atoms with Gasteiger partial charge in [0.05, 0.1) is 36.3 Å². The number of amides is 1. The quantitative estimate of drug-likeness (QED) is 0.656. The second-order valence-electron chi connectivity index (χ2n) is 7.05. The number of methoxy groups -OCH3 is 2. The zero-order chi connectivity index (χ0) is 22.6. The fourth-order valence-electron chi connectivity index (χ4n) is 3.42. The number of esters is 1. The fourth-order valence-corrected chi connectivity index (χ4v) is 5.07. The average Bonchev–Trinajstić information content (AvgIpc) is 2.78. The number of nitrogens with one attached hydrogen (secondary N) is 1. The van der Waals surface area contributed by atoms with E-state index >= 15 is 0 Å². The van der Waals surface area contributed by atoms with E-state index in [-0.39, 0.29) is 22.9 Å². The number of hydrogen-bond donors (Lipinski definition) is 1. The van der Waals surface area contributed by atoms with Crippen molar-refractivity contribution >= 4 is 39.2 Å². The van der Waals surface area contributed by atoms with Crippen LogP contribution in [0.15, 0.2) is 47.4 Å². The Kier molecular flexibility index (Phi) is 7.19. The molecule has 0 aromatic heterocycles. The molecule has 0 aliphatic carbocycles. The SMILES string of the molecule is COC(=O)c1ccc(OC)c(NC(=O)C2CCCN(S(=O)(=O)c3ccc(Cl)cc3)C2)c1. The van der Waals surface area contributed by atoms with Crippen LogP contribution in [0.3, 0.4) is 0 Å². The number of anilines is 1. The topological polar surface area (TPSA) is 102 Å². The van der Waals surface area contributed by atoms with Gasteiger partial charge in [0.2, 0.25) is 15.9 Å². The molecule has 1 heterocycles. The summed E-state index contributed by atoms with van der Waals surface area (Å²) in [6.45, 7) is 0.381. The summed E-state index contributed by atoms with van der Waals surface area (Å²) in [7, 11) is -1.03. The van der Waals surface area contributed by atoms with Crippen LogP contribution in [-0.2, 0) is 19.6 Å². The molecule has 166 valence electrons. The van der Waals surface area contributed by atoms with Gasteiger partial charge in [-0.2, -0.15) is 4.31 Å². The number of rotatable bonds is 6. The Hall–Kier alpha value is -2.62. The zero-order valence-corrected chi connectivity index (χ0v) is 18.7. The molecule has 1 atom stereocenters. The van der Waals surface area contributed by atoms with E-state index in [0.717, 1.165) is 0 Å². The Morgan fingerprint density at radius 1 is 1.13 bits per heavy atom. The molecule has 31 heavy (non-hydrogen) atoms. The summed E-state index contributed by atoms with van der Waals surface area (Å²) in [6.07, 6.45) is 1.09. The third-order valence-electron chi connectivity index (χ3n) is 5.08. The maximum Gasteiger partial charge on any atom is 0.337 e. The molecule has 1 aliphatic heterocycles. The van der Waals surface area contributed by atoms with Gasteiger partial charge >= 0.3 is 5.97 Å². The second-order valence-corrected chi connectivity index (χ2v) is 9.43. The molecular formula is C21H23ClN2O6S. The predicted molar refractivity (Wildman–Crippen MR) is 116 cm³/mol. The average molecular weight is 467 g/mol. The highest BCUT2D eigenvalue weighted by Gasteiger charge is 2.33. The molecule has 0 saturated carbocycles. The minimum atomic E-state index is -3.74. The Morgan fingerprint density at radius 2 is 1.84 bits per heavy atom. The van der Waals surface area contributed by atoms with Crippen LogP contribution in [0.2, 0.25) is 5.02 Å². The van der Waals surface area contributed by atoms with Gasteiger partial charge in [-0.1, -0.05) is 11.6 Å². The maximum atomic E-state index is 13.0. The van der Waals surface area contributed by atoms with Crippen molar-refractivity contribution in [3.63, 3.8) is 0 Å². The van der Waals surface area contributed by atoms with Gasteiger partial charge in [0, 0.05) is 18.1 Å². The second kappa shape index (κ2) is 9.67. The van der Waals surface area contributed by atoms with Crippen molar-refractivity contribution in [1.29, 1.82) is 0 Å². The molecule has 1 N–H and O–H groups in total. The summed E-state index contributed by atoms with van der Waals surface area (Å²) < 4.78 is 37.2. The smallest absolute Gasteiger partial charge is 0.337 e. The van der Waals surface area contributed by atoms with Gasteiger partial charge in [-0.3, -0.25) is 4.79 Å². The standard InChI is InChI=1S/C21H23ClN2O6S/c1-29-19-10-5-14(21(26)30-2)12-18(19)23-20(25)15-4-3-11-24(13-15)31(27,28)17-8-6-16(22)7-9-17/h5-10,12,15H,3-4,11,13H2,1-2H3,(H,23,25). The molecule has 10 heteroatoms. The van der Waals surface area contributed by atoms with Crippen molar-refractivity contribution in [3.05, 3.63) is 53.1 Å². The molecule has 1 saturated heterocycles. The first-order chi connectivity index (χ1) is 14.8. The van der Waals surface area contributed by atoms with Crippen molar-refractivity contribution in [3.8, 4) is 5.75 Å². The molecule has 1 aliphatic rings. The third kappa shape index (κ3) is 5.17. The van der Waals surface area contributed by atoms with Gasteiger partial charge < -0.3 is 14.8 Å². The number of carbonyl (C=O) groups excluding carboxylic acids is 2. The Balaban J connectivity index is 1.77. The summed E-state index contributed by atoms with van der Waals surface area (Å²) in [4.78, 5) is 24.9. The summed E-state index contributed by atoms with van der Waals surface area (Å²) in [5.41, 5.74) is 0.572. The number of halogens is 1. The van der Waals surface area contributed by atoms with Crippen molar-refractivity contribution in [2.24, 2.45) is 5.92 Å². The normalized spacial score (nSPS) is 17.1. The van der Waals surface area contributed by atoms with Crippen molar-refractivity contribution in [2.45, 2.75) is 17.7 Å². The van der Waals surface area contributed by atoms with Crippen molar-refractivity contribution < 1.29 is 27.5 Å². The minimum absolute atomic E-state index is 0.0514. The van der Waals surface area contributed by atoms with Crippen LogP contribution in [-0.4, -0.2) is 51.9 Å². The lowest BCUT2D eigenvalue weighted by Crippen LogP contribution is -2.43. The number of sulfonamides is 1. The van der Waals surface area contributed by atoms with Gasteiger partial charge in [-0.25, -0.2) is 13.2 Å². The molecule has 2 aromatic rings. The van der Waals surface area contributed by atoms with Crippen LogP contribution in [0.25, 0.3) is 0 Å². The highest BCUT2D eigenvalue weighted by molar-refractivity contribution is 7.89. The van der Waals surface area contributed by atoms with E-state index < -0.39 is 21.9 Å². The summed E-state index contributed by atoms with van der Waals surface area (Å²) in [6, 6.07) is 10.5. The van der Waals surface area contributed by atoms with Gasteiger partial charge in [0.15, 0.2) is 0 Å². The Labute approximate surface area is 186 Å². The largest absolute Gasteiger partial charge is 0.495 e. The molecule has 1 amide bonds. The molecule has 3 rings (SSSR count). The summed E-state index contributed by atoms with van der Waals surface area (Å²) >= 11 is 5.85. The van der Waals surface area contributed by atoms with Gasteiger partial charge in [0.25, 0.3) is 0 Å². The number of hydrogen-bond acceptors (Lipinski definition) is 6. The van der Waals surface area contributed by atoms with Gasteiger partial charge in [-0.15, -0.1) is 0 Å².